The highest BCUT2D eigenvalue weighted by molar-refractivity contribution is 6.35. The lowest BCUT2D eigenvalue weighted by Gasteiger charge is -2.50. The third-order valence-corrected chi connectivity index (χ3v) is 7.92. The summed E-state index contributed by atoms with van der Waals surface area (Å²) >= 11 is 13.4. The van der Waals surface area contributed by atoms with E-state index in [0.29, 0.717) is 0 Å². The summed E-state index contributed by atoms with van der Waals surface area (Å²) in [6.45, 7) is 0. The molecule has 3 aromatic rings. The van der Waals surface area contributed by atoms with Crippen molar-refractivity contribution in [2.45, 2.75) is 10.8 Å². The minimum atomic E-state index is -1.23. The van der Waals surface area contributed by atoms with Gasteiger partial charge >= 0.3 is 5.97 Å². The minimum Gasteiger partial charge on any atom is -0.478 e. The average molecular weight is 464 g/mol. The van der Waals surface area contributed by atoms with Gasteiger partial charge in [0.1, 0.15) is 4.87 Å². The van der Waals surface area contributed by atoms with Crippen LogP contribution in [0.1, 0.15) is 38.5 Å². The van der Waals surface area contributed by atoms with E-state index < -0.39 is 28.6 Å². The zero-order valence-corrected chi connectivity index (χ0v) is 18.0. The second-order valence-electron chi connectivity index (χ2n) is 8.35. The van der Waals surface area contributed by atoms with E-state index in [1.807, 2.05) is 48.5 Å². The van der Waals surface area contributed by atoms with Crippen LogP contribution < -0.4 is 4.90 Å². The van der Waals surface area contributed by atoms with Crippen molar-refractivity contribution in [1.29, 1.82) is 0 Å². The number of carbonyl (C=O) groups is 3. The molecular formula is C25H15Cl2NO4. The van der Waals surface area contributed by atoms with Gasteiger partial charge in [-0.05, 0) is 40.5 Å². The number of amides is 2. The highest BCUT2D eigenvalue weighted by Gasteiger charge is 2.68. The number of rotatable bonds is 2. The molecule has 0 unspecified atom stereocenters. The van der Waals surface area contributed by atoms with Crippen LogP contribution in [0.2, 0.25) is 5.02 Å². The normalized spacial score (nSPS) is 27.2. The maximum atomic E-state index is 13.8. The number of alkyl halides is 1. The monoisotopic (exact) mass is 463 g/mol. The minimum absolute atomic E-state index is 0.0338. The fourth-order valence-electron chi connectivity index (χ4n) is 5.75. The number of carbonyl (C=O) groups excluding carboxylic acids is 2. The molecule has 1 N–H and O–H groups in total. The fraction of sp³-hybridized carbons (Fsp3) is 0.160. The quantitative estimate of drug-likeness (QED) is 0.438. The molecule has 158 valence electrons. The molecule has 2 atom stereocenters. The SMILES string of the molecule is O=C(O)c1cc(N2C(=O)[C@@H]3C4c5ccccc5C(Cl)(c5ccccc54)[C@@H]3C2=O)ccc1Cl. The van der Waals surface area contributed by atoms with Crippen LogP contribution in [0, 0.1) is 11.8 Å². The zero-order chi connectivity index (χ0) is 22.4. The first kappa shape index (κ1) is 19.5. The van der Waals surface area contributed by atoms with Crippen molar-refractivity contribution in [3.8, 4) is 0 Å². The molecule has 7 rings (SSSR count). The lowest BCUT2D eigenvalue weighted by Crippen LogP contribution is -2.50. The molecule has 2 bridgehead atoms. The maximum absolute atomic E-state index is 13.8. The Morgan fingerprint density at radius 2 is 1.50 bits per heavy atom. The van der Waals surface area contributed by atoms with Gasteiger partial charge in [0.15, 0.2) is 0 Å². The van der Waals surface area contributed by atoms with Gasteiger partial charge in [0.05, 0.1) is 28.1 Å². The van der Waals surface area contributed by atoms with Gasteiger partial charge in [0, 0.05) is 5.92 Å². The summed E-state index contributed by atoms with van der Waals surface area (Å²) in [6, 6.07) is 19.5. The first-order valence-electron chi connectivity index (χ1n) is 10.1. The van der Waals surface area contributed by atoms with Crippen LogP contribution in [0.5, 0.6) is 0 Å². The molecule has 5 nitrogen and oxygen atoms in total. The molecule has 1 fully saturated rings. The topological polar surface area (TPSA) is 74.7 Å². The second-order valence-corrected chi connectivity index (χ2v) is 9.35. The Hall–Kier alpha value is -3.15. The van der Waals surface area contributed by atoms with Gasteiger partial charge in [-0.25, -0.2) is 9.69 Å². The van der Waals surface area contributed by atoms with Gasteiger partial charge in [0.2, 0.25) is 11.8 Å². The van der Waals surface area contributed by atoms with Gasteiger partial charge in [0.25, 0.3) is 0 Å². The smallest absolute Gasteiger partial charge is 0.337 e. The maximum Gasteiger partial charge on any atom is 0.337 e. The number of aromatic carboxylic acids is 1. The summed E-state index contributed by atoms with van der Waals surface area (Å²) in [5.41, 5.74) is 3.60. The molecule has 3 aromatic carbocycles. The number of hydrogen-bond donors (Lipinski definition) is 1. The summed E-state index contributed by atoms with van der Waals surface area (Å²) < 4.78 is 0. The molecule has 0 aromatic heterocycles. The van der Waals surface area contributed by atoms with E-state index in [1.54, 1.807) is 0 Å². The third kappa shape index (κ3) is 2.22. The molecule has 0 saturated carbocycles. The van der Waals surface area contributed by atoms with Crippen LogP contribution in [-0.2, 0) is 14.5 Å². The standard InChI is InChI=1S/C25H15Cl2NO4/c26-18-10-9-12(11-15(18)24(31)32)28-22(29)20-19-13-5-1-3-7-16(13)25(27,21(20)23(28)30)17-8-4-2-6-14(17)19/h1-11,19-21H,(H,31,32)/t19?,20-,21+,25?/m1/s1. The molecule has 3 aliphatic carbocycles. The first-order chi connectivity index (χ1) is 15.4. The van der Waals surface area contributed by atoms with Gasteiger partial charge in [-0.15, -0.1) is 11.6 Å². The van der Waals surface area contributed by atoms with E-state index in [1.165, 1.54) is 18.2 Å². The lowest BCUT2D eigenvalue weighted by atomic mass is 9.54. The Labute approximate surface area is 193 Å². The Morgan fingerprint density at radius 1 is 0.906 bits per heavy atom. The molecule has 1 saturated heterocycles. The van der Waals surface area contributed by atoms with Gasteiger partial charge in [-0.3, -0.25) is 9.59 Å². The molecule has 0 spiro atoms. The number of halogens is 2. The molecule has 4 aliphatic rings. The van der Waals surface area contributed by atoms with Crippen molar-refractivity contribution in [2.75, 3.05) is 4.90 Å². The average Bonchev–Trinajstić information content (AvgIpc) is 3.06. The molecular weight excluding hydrogens is 449 g/mol. The van der Waals surface area contributed by atoms with E-state index in [2.05, 4.69) is 0 Å². The summed E-state index contributed by atoms with van der Waals surface area (Å²) in [5.74, 6) is -3.81. The van der Waals surface area contributed by atoms with Crippen molar-refractivity contribution in [3.63, 3.8) is 0 Å². The van der Waals surface area contributed by atoms with Gasteiger partial charge < -0.3 is 5.11 Å². The van der Waals surface area contributed by atoms with E-state index in [4.69, 9.17) is 23.2 Å². The van der Waals surface area contributed by atoms with Crippen LogP contribution in [0.4, 0.5) is 5.69 Å². The molecule has 2 amide bonds. The number of carboxylic acid groups (broad SMARTS) is 1. The number of nitrogens with zero attached hydrogens (tertiary/aromatic N) is 1. The van der Waals surface area contributed by atoms with E-state index in [9.17, 15) is 19.5 Å². The summed E-state index contributed by atoms with van der Waals surface area (Å²) in [7, 11) is 0. The van der Waals surface area contributed by atoms with Gasteiger partial charge in [-0.1, -0.05) is 60.1 Å². The molecule has 0 radical (unpaired) electrons. The van der Waals surface area contributed by atoms with Crippen molar-refractivity contribution in [3.05, 3.63) is 99.6 Å². The van der Waals surface area contributed by atoms with E-state index >= 15 is 0 Å². The zero-order valence-electron chi connectivity index (χ0n) is 16.5. The van der Waals surface area contributed by atoms with E-state index in [-0.39, 0.29) is 28.1 Å². The Morgan fingerprint density at radius 3 is 2.09 bits per heavy atom. The number of carboxylic acids is 1. The fourth-order valence-corrected chi connectivity index (χ4v) is 6.52. The van der Waals surface area contributed by atoms with E-state index in [0.717, 1.165) is 27.2 Å². The van der Waals surface area contributed by atoms with Crippen LogP contribution in [0.3, 0.4) is 0 Å². The van der Waals surface area contributed by atoms with Crippen LogP contribution in [0.15, 0.2) is 66.7 Å². The Bertz CT molecular complexity index is 1320. The third-order valence-electron chi connectivity index (χ3n) is 6.95. The van der Waals surface area contributed by atoms with Crippen molar-refractivity contribution in [1.82, 2.24) is 0 Å². The Balaban J connectivity index is 1.58. The lowest BCUT2D eigenvalue weighted by molar-refractivity contribution is -0.122. The number of benzene rings is 3. The number of hydrogen-bond acceptors (Lipinski definition) is 3. The number of imide groups is 1. The summed E-state index contributed by atoms with van der Waals surface area (Å²) in [6.07, 6.45) is 0. The van der Waals surface area contributed by atoms with Crippen LogP contribution >= 0.6 is 23.2 Å². The predicted molar refractivity (Wildman–Crippen MR) is 119 cm³/mol. The van der Waals surface area contributed by atoms with Crippen molar-refractivity contribution in [2.24, 2.45) is 11.8 Å². The van der Waals surface area contributed by atoms with Gasteiger partial charge in [-0.2, -0.15) is 0 Å². The highest BCUT2D eigenvalue weighted by Crippen LogP contribution is 2.65. The largest absolute Gasteiger partial charge is 0.478 e. The first-order valence-corrected chi connectivity index (χ1v) is 10.9. The van der Waals surface area contributed by atoms with Crippen LogP contribution in [-0.4, -0.2) is 22.9 Å². The van der Waals surface area contributed by atoms with Crippen molar-refractivity contribution >= 4 is 46.7 Å². The molecule has 1 heterocycles. The molecule has 1 aliphatic heterocycles. The van der Waals surface area contributed by atoms with Crippen molar-refractivity contribution < 1.29 is 19.5 Å². The second kappa shape index (κ2) is 6.44. The molecule has 7 heteroatoms. The predicted octanol–water partition coefficient (Wildman–Crippen LogP) is 4.79. The van der Waals surface area contributed by atoms with Crippen LogP contribution in [0.25, 0.3) is 0 Å². The molecule has 32 heavy (non-hydrogen) atoms. The number of anilines is 1. The highest BCUT2D eigenvalue weighted by atomic mass is 35.5. The Kier molecular flexibility index (Phi) is 3.93. The summed E-state index contributed by atoms with van der Waals surface area (Å²) in [5, 5.41) is 9.48. The summed E-state index contributed by atoms with van der Waals surface area (Å²) in [4.78, 5) is 39.0.